The second-order valence-electron chi connectivity index (χ2n) is 6.49. The highest BCUT2D eigenvalue weighted by atomic mass is 32.2. The van der Waals surface area contributed by atoms with Gasteiger partial charge < -0.3 is 9.88 Å². The largest absolute Gasteiger partial charge is 0.312 e. The Kier molecular flexibility index (Phi) is 4.58. The fraction of sp³-hybridized carbons (Fsp3) is 0.190. The van der Waals surface area contributed by atoms with Crippen LogP contribution in [0, 0.1) is 0 Å². The molecule has 0 saturated carbocycles. The van der Waals surface area contributed by atoms with Gasteiger partial charge in [-0.2, -0.15) is 4.98 Å². The lowest BCUT2D eigenvalue weighted by Gasteiger charge is -2.28. The molecule has 1 amide bonds. The molecule has 2 aromatic carbocycles. The second kappa shape index (κ2) is 7.04. The van der Waals surface area contributed by atoms with Crippen LogP contribution in [0.25, 0.3) is 10.8 Å². The molecule has 6 heteroatoms. The van der Waals surface area contributed by atoms with Crippen molar-refractivity contribution in [1.29, 1.82) is 0 Å². The monoisotopic (exact) mass is 377 g/mol. The SMILES string of the molecule is C=CCSc1nc(=O)c2c(n1C)NC(=O)C[C@H]2c1cccc2ccccc12. The van der Waals surface area contributed by atoms with Gasteiger partial charge in [-0.3, -0.25) is 9.59 Å². The molecule has 5 nitrogen and oxygen atoms in total. The smallest absolute Gasteiger partial charge is 0.279 e. The molecule has 0 bridgehead atoms. The molecule has 1 N–H and O–H groups in total. The van der Waals surface area contributed by atoms with Gasteiger partial charge in [-0.15, -0.1) is 6.58 Å². The number of rotatable bonds is 4. The normalized spacial score (nSPS) is 16.0. The van der Waals surface area contributed by atoms with Gasteiger partial charge >= 0.3 is 0 Å². The van der Waals surface area contributed by atoms with E-state index in [0.717, 1.165) is 16.3 Å². The molecule has 136 valence electrons. The Morgan fingerprint density at radius 3 is 2.85 bits per heavy atom. The van der Waals surface area contributed by atoms with E-state index in [1.54, 1.807) is 10.6 Å². The standard InChI is InChI=1S/C21H19N3O2S/c1-3-11-27-21-23-20(26)18-16(12-17(25)22-19(18)24(21)2)15-10-6-8-13-7-4-5-9-14(13)15/h3-10,16H,1,11-12H2,2H3,(H,22,25)/t16-/m0/s1. The lowest BCUT2D eigenvalue weighted by molar-refractivity contribution is -0.116. The van der Waals surface area contributed by atoms with Gasteiger partial charge in [0.2, 0.25) is 5.91 Å². The predicted molar refractivity (Wildman–Crippen MR) is 109 cm³/mol. The van der Waals surface area contributed by atoms with Crippen LogP contribution >= 0.6 is 11.8 Å². The van der Waals surface area contributed by atoms with Gasteiger partial charge in [0.25, 0.3) is 5.56 Å². The number of benzene rings is 2. The maximum atomic E-state index is 12.9. The fourth-order valence-electron chi connectivity index (χ4n) is 3.62. The molecule has 0 spiro atoms. The van der Waals surface area contributed by atoms with E-state index in [4.69, 9.17) is 0 Å². The molecular weight excluding hydrogens is 358 g/mol. The van der Waals surface area contributed by atoms with Gasteiger partial charge in [0, 0.05) is 25.1 Å². The lowest BCUT2D eigenvalue weighted by atomic mass is 9.84. The van der Waals surface area contributed by atoms with Crippen LogP contribution in [0.1, 0.15) is 23.5 Å². The van der Waals surface area contributed by atoms with Crippen LogP contribution in [0.15, 0.2) is 65.1 Å². The van der Waals surface area contributed by atoms with E-state index in [1.807, 2.05) is 49.5 Å². The van der Waals surface area contributed by atoms with Crippen LogP contribution < -0.4 is 10.9 Å². The Hall–Kier alpha value is -2.86. The quantitative estimate of drug-likeness (QED) is 0.428. The van der Waals surface area contributed by atoms with Crippen molar-refractivity contribution in [2.24, 2.45) is 7.05 Å². The zero-order valence-electron chi connectivity index (χ0n) is 14.9. The maximum Gasteiger partial charge on any atom is 0.279 e. The van der Waals surface area contributed by atoms with Crippen molar-refractivity contribution in [3.63, 3.8) is 0 Å². The number of hydrogen-bond donors (Lipinski definition) is 1. The fourth-order valence-corrected chi connectivity index (χ4v) is 4.32. The number of carbonyl (C=O) groups excluding carboxylic acids is 1. The van der Waals surface area contributed by atoms with Gasteiger partial charge in [-0.1, -0.05) is 60.3 Å². The Morgan fingerprint density at radius 1 is 1.26 bits per heavy atom. The van der Waals surface area contributed by atoms with Gasteiger partial charge in [0.1, 0.15) is 5.82 Å². The molecule has 1 aliphatic rings. The molecular formula is C21H19N3O2S. The summed E-state index contributed by atoms with van der Waals surface area (Å²) in [5.41, 5.74) is 1.25. The second-order valence-corrected chi connectivity index (χ2v) is 7.48. The van der Waals surface area contributed by atoms with Crippen molar-refractivity contribution in [2.75, 3.05) is 11.1 Å². The van der Waals surface area contributed by atoms with Crippen molar-refractivity contribution in [3.05, 3.63) is 76.6 Å². The van der Waals surface area contributed by atoms with Gasteiger partial charge in [0.15, 0.2) is 5.16 Å². The van der Waals surface area contributed by atoms with Gasteiger partial charge in [-0.05, 0) is 16.3 Å². The zero-order valence-corrected chi connectivity index (χ0v) is 15.8. The number of aromatic nitrogens is 2. The van der Waals surface area contributed by atoms with Gasteiger partial charge in [-0.25, -0.2) is 0 Å². The van der Waals surface area contributed by atoms with E-state index in [0.29, 0.717) is 22.3 Å². The zero-order chi connectivity index (χ0) is 19.0. The van der Waals surface area contributed by atoms with E-state index in [1.165, 1.54) is 11.8 Å². The summed E-state index contributed by atoms with van der Waals surface area (Å²) < 4.78 is 1.79. The molecule has 0 aliphatic carbocycles. The summed E-state index contributed by atoms with van der Waals surface area (Å²) in [6.07, 6.45) is 1.99. The molecule has 1 aliphatic heterocycles. The molecule has 0 fully saturated rings. The summed E-state index contributed by atoms with van der Waals surface area (Å²) in [6, 6.07) is 14.0. The Bertz CT molecular complexity index is 1110. The molecule has 0 unspecified atom stereocenters. The first-order valence-corrected chi connectivity index (χ1v) is 9.71. The lowest BCUT2D eigenvalue weighted by Crippen LogP contribution is -2.33. The molecule has 0 saturated heterocycles. The third kappa shape index (κ3) is 3.06. The number of carbonyl (C=O) groups is 1. The summed E-state index contributed by atoms with van der Waals surface area (Å²) in [4.78, 5) is 29.7. The predicted octanol–water partition coefficient (Wildman–Crippen LogP) is 3.69. The number of thioether (sulfide) groups is 1. The summed E-state index contributed by atoms with van der Waals surface area (Å²) >= 11 is 1.42. The molecule has 1 atom stereocenters. The van der Waals surface area contributed by atoms with E-state index in [-0.39, 0.29) is 23.8 Å². The Balaban J connectivity index is 1.93. The van der Waals surface area contributed by atoms with Crippen molar-refractivity contribution in [2.45, 2.75) is 17.5 Å². The third-order valence-corrected chi connectivity index (χ3v) is 5.86. The molecule has 1 aromatic heterocycles. The first-order chi connectivity index (χ1) is 13.1. The highest BCUT2D eigenvalue weighted by Crippen LogP contribution is 2.38. The van der Waals surface area contributed by atoms with Crippen molar-refractivity contribution >= 4 is 34.3 Å². The Morgan fingerprint density at radius 2 is 2.04 bits per heavy atom. The first-order valence-electron chi connectivity index (χ1n) is 8.72. The van der Waals surface area contributed by atoms with Crippen molar-refractivity contribution in [3.8, 4) is 0 Å². The minimum absolute atomic E-state index is 0.0960. The molecule has 3 aromatic rings. The van der Waals surface area contributed by atoms with Crippen molar-refractivity contribution < 1.29 is 4.79 Å². The average molecular weight is 377 g/mol. The van der Waals surface area contributed by atoms with Crippen LogP contribution in [0.4, 0.5) is 5.82 Å². The number of fused-ring (bicyclic) bond motifs is 2. The van der Waals surface area contributed by atoms with E-state index in [9.17, 15) is 9.59 Å². The number of nitrogens with one attached hydrogen (secondary N) is 1. The molecule has 2 heterocycles. The van der Waals surface area contributed by atoms with Gasteiger partial charge in [0.05, 0.1) is 5.56 Å². The summed E-state index contributed by atoms with van der Waals surface area (Å²) in [5, 5.41) is 5.59. The van der Waals surface area contributed by atoms with Crippen molar-refractivity contribution in [1.82, 2.24) is 9.55 Å². The minimum Gasteiger partial charge on any atom is -0.312 e. The summed E-state index contributed by atoms with van der Waals surface area (Å²) in [6.45, 7) is 3.70. The summed E-state index contributed by atoms with van der Waals surface area (Å²) in [5.74, 6) is 0.765. The van der Waals surface area contributed by atoms with Crippen LogP contribution in [0.3, 0.4) is 0 Å². The average Bonchev–Trinajstić information content (AvgIpc) is 2.68. The number of amides is 1. The molecule has 0 radical (unpaired) electrons. The minimum atomic E-state index is -0.315. The van der Waals surface area contributed by atoms with E-state index in [2.05, 4.69) is 16.9 Å². The topological polar surface area (TPSA) is 64.0 Å². The number of anilines is 1. The van der Waals surface area contributed by atoms with E-state index < -0.39 is 0 Å². The molecule has 4 rings (SSSR count). The highest BCUT2D eigenvalue weighted by molar-refractivity contribution is 7.99. The summed E-state index contributed by atoms with van der Waals surface area (Å²) in [7, 11) is 1.82. The highest BCUT2D eigenvalue weighted by Gasteiger charge is 2.32. The van der Waals surface area contributed by atoms with Crippen LogP contribution in [0.2, 0.25) is 0 Å². The van der Waals surface area contributed by atoms with Crippen LogP contribution in [-0.2, 0) is 11.8 Å². The number of hydrogen-bond acceptors (Lipinski definition) is 4. The van der Waals surface area contributed by atoms with E-state index >= 15 is 0 Å². The molecule has 27 heavy (non-hydrogen) atoms. The maximum absolute atomic E-state index is 12.9. The number of nitrogens with zero attached hydrogens (tertiary/aromatic N) is 2. The Labute approximate surface area is 161 Å². The third-order valence-electron chi connectivity index (χ3n) is 4.83. The van der Waals surface area contributed by atoms with Crippen LogP contribution in [0.5, 0.6) is 0 Å². The first kappa shape index (κ1) is 17.5. The van der Waals surface area contributed by atoms with Crippen LogP contribution in [-0.4, -0.2) is 21.2 Å².